The first-order valence-electron chi connectivity index (χ1n) is 7.28. The van der Waals surface area contributed by atoms with E-state index < -0.39 is 0 Å². The van der Waals surface area contributed by atoms with Crippen LogP contribution in [0, 0.1) is 0 Å². The summed E-state index contributed by atoms with van der Waals surface area (Å²) in [6.07, 6.45) is 2.81. The number of benzene rings is 1. The summed E-state index contributed by atoms with van der Waals surface area (Å²) in [6, 6.07) is 12.7. The molecule has 0 spiro atoms. The number of nitrogens with zero attached hydrogens (tertiary/aromatic N) is 1. The summed E-state index contributed by atoms with van der Waals surface area (Å²) in [5, 5.41) is 3.39. The molecule has 20 heavy (non-hydrogen) atoms. The molecule has 0 amide bonds. The molecular weight excluding hydrogens is 248 g/mol. The first kappa shape index (κ1) is 14.8. The largest absolute Gasteiger partial charge is 0.468 e. The Bertz CT molecular complexity index is 493. The lowest BCUT2D eigenvalue weighted by molar-refractivity contribution is 0.287. The van der Waals surface area contributed by atoms with Gasteiger partial charge in [-0.3, -0.25) is 4.90 Å². The lowest BCUT2D eigenvalue weighted by atomic mass is 10.0. The molecular formula is C17H24N2O. The summed E-state index contributed by atoms with van der Waals surface area (Å²) in [4.78, 5) is 2.28. The average molecular weight is 272 g/mol. The lowest BCUT2D eigenvalue weighted by Gasteiger charge is -2.18. The molecule has 108 valence electrons. The number of furan rings is 1. The van der Waals surface area contributed by atoms with Crippen molar-refractivity contribution in [1.29, 1.82) is 0 Å². The Morgan fingerprint density at radius 2 is 1.85 bits per heavy atom. The van der Waals surface area contributed by atoms with Crippen LogP contribution < -0.4 is 5.32 Å². The van der Waals surface area contributed by atoms with Crippen LogP contribution in [0.3, 0.4) is 0 Å². The summed E-state index contributed by atoms with van der Waals surface area (Å²) in [5.74, 6) is 1.01. The zero-order valence-electron chi connectivity index (χ0n) is 12.4. The van der Waals surface area contributed by atoms with Gasteiger partial charge in [-0.2, -0.15) is 0 Å². The molecule has 0 aliphatic carbocycles. The molecule has 1 heterocycles. The standard InChI is InChI=1S/C17H24N2O/c1-3-18-11-10-15-7-4-5-8-16(15)13-19(2)14-17-9-6-12-20-17/h4-9,12,18H,3,10-11,13-14H2,1-2H3. The van der Waals surface area contributed by atoms with Crippen LogP contribution >= 0.6 is 0 Å². The Morgan fingerprint density at radius 1 is 1.05 bits per heavy atom. The predicted octanol–water partition coefficient (Wildman–Crippen LogP) is 3.06. The van der Waals surface area contributed by atoms with Gasteiger partial charge in [0.05, 0.1) is 12.8 Å². The third kappa shape index (κ3) is 4.51. The van der Waals surface area contributed by atoms with Crippen LogP contribution in [0.25, 0.3) is 0 Å². The molecule has 3 nitrogen and oxygen atoms in total. The van der Waals surface area contributed by atoms with Gasteiger partial charge in [0, 0.05) is 6.54 Å². The molecule has 0 aliphatic heterocycles. The van der Waals surface area contributed by atoms with E-state index in [2.05, 4.69) is 48.5 Å². The number of likely N-dealkylation sites (N-methyl/N-ethyl adjacent to an activating group) is 1. The summed E-state index contributed by atoms with van der Waals surface area (Å²) in [7, 11) is 2.13. The normalized spacial score (nSPS) is 11.2. The molecule has 1 aromatic heterocycles. The Balaban J connectivity index is 1.93. The fourth-order valence-corrected chi connectivity index (χ4v) is 2.37. The van der Waals surface area contributed by atoms with Crippen molar-refractivity contribution < 1.29 is 4.42 Å². The van der Waals surface area contributed by atoms with E-state index in [9.17, 15) is 0 Å². The second-order valence-electron chi connectivity index (χ2n) is 5.12. The van der Waals surface area contributed by atoms with Crippen LogP contribution in [0.15, 0.2) is 47.1 Å². The van der Waals surface area contributed by atoms with Gasteiger partial charge in [-0.25, -0.2) is 0 Å². The van der Waals surface area contributed by atoms with Gasteiger partial charge in [-0.05, 0) is 49.8 Å². The van der Waals surface area contributed by atoms with Crippen molar-refractivity contribution in [3.8, 4) is 0 Å². The SMILES string of the molecule is CCNCCc1ccccc1CN(C)Cc1ccco1. The predicted molar refractivity (Wildman–Crippen MR) is 82.6 cm³/mol. The van der Waals surface area contributed by atoms with Crippen molar-refractivity contribution in [2.75, 3.05) is 20.1 Å². The van der Waals surface area contributed by atoms with Crippen molar-refractivity contribution in [2.45, 2.75) is 26.4 Å². The zero-order chi connectivity index (χ0) is 14.2. The summed E-state index contributed by atoms with van der Waals surface area (Å²) < 4.78 is 5.40. The smallest absolute Gasteiger partial charge is 0.117 e. The molecule has 1 aromatic carbocycles. The van der Waals surface area contributed by atoms with Crippen LogP contribution in [0.4, 0.5) is 0 Å². The highest BCUT2D eigenvalue weighted by molar-refractivity contribution is 5.27. The highest BCUT2D eigenvalue weighted by Gasteiger charge is 2.07. The van der Waals surface area contributed by atoms with Crippen LogP contribution in [-0.2, 0) is 19.5 Å². The molecule has 0 saturated carbocycles. The highest BCUT2D eigenvalue weighted by atomic mass is 16.3. The van der Waals surface area contributed by atoms with Gasteiger partial charge in [0.15, 0.2) is 0 Å². The average Bonchev–Trinajstić information content (AvgIpc) is 2.93. The monoisotopic (exact) mass is 272 g/mol. The van der Waals surface area contributed by atoms with E-state index in [1.165, 1.54) is 11.1 Å². The molecule has 3 heteroatoms. The Labute approximate surface area is 121 Å². The van der Waals surface area contributed by atoms with Gasteiger partial charge >= 0.3 is 0 Å². The first-order chi connectivity index (χ1) is 9.79. The van der Waals surface area contributed by atoms with Crippen LogP contribution in [-0.4, -0.2) is 25.0 Å². The van der Waals surface area contributed by atoms with Crippen LogP contribution in [0.5, 0.6) is 0 Å². The molecule has 1 N–H and O–H groups in total. The minimum Gasteiger partial charge on any atom is -0.468 e. The van der Waals surface area contributed by atoms with Crippen molar-refractivity contribution in [3.63, 3.8) is 0 Å². The van der Waals surface area contributed by atoms with E-state index in [0.29, 0.717) is 0 Å². The third-order valence-electron chi connectivity index (χ3n) is 3.39. The van der Waals surface area contributed by atoms with Gasteiger partial charge < -0.3 is 9.73 Å². The number of nitrogens with one attached hydrogen (secondary N) is 1. The zero-order valence-corrected chi connectivity index (χ0v) is 12.4. The van der Waals surface area contributed by atoms with E-state index in [1.807, 2.05) is 12.1 Å². The number of hydrogen-bond donors (Lipinski definition) is 1. The maximum atomic E-state index is 5.40. The molecule has 2 rings (SSSR count). The minimum atomic E-state index is 0.842. The van der Waals surface area contributed by atoms with Crippen molar-refractivity contribution in [2.24, 2.45) is 0 Å². The maximum absolute atomic E-state index is 5.40. The quantitative estimate of drug-likeness (QED) is 0.749. The van der Waals surface area contributed by atoms with Gasteiger partial charge in [-0.1, -0.05) is 31.2 Å². The molecule has 0 aliphatic rings. The molecule has 0 atom stereocenters. The van der Waals surface area contributed by atoms with Crippen LogP contribution in [0.1, 0.15) is 23.8 Å². The Hall–Kier alpha value is -1.58. The Morgan fingerprint density at radius 3 is 2.55 bits per heavy atom. The molecule has 0 fully saturated rings. The topological polar surface area (TPSA) is 28.4 Å². The van der Waals surface area contributed by atoms with Gasteiger partial charge in [0.25, 0.3) is 0 Å². The van der Waals surface area contributed by atoms with Crippen molar-refractivity contribution in [3.05, 3.63) is 59.5 Å². The molecule has 0 bridgehead atoms. The summed E-state index contributed by atoms with van der Waals surface area (Å²) in [5.41, 5.74) is 2.83. The number of rotatable bonds is 8. The van der Waals surface area contributed by atoms with E-state index in [0.717, 1.165) is 38.4 Å². The molecule has 0 unspecified atom stereocenters. The summed E-state index contributed by atoms with van der Waals surface area (Å²) >= 11 is 0. The fraction of sp³-hybridized carbons (Fsp3) is 0.412. The van der Waals surface area contributed by atoms with Gasteiger partial charge in [0.1, 0.15) is 5.76 Å². The first-order valence-corrected chi connectivity index (χ1v) is 7.28. The van der Waals surface area contributed by atoms with E-state index in [1.54, 1.807) is 6.26 Å². The minimum absolute atomic E-state index is 0.842. The molecule has 0 radical (unpaired) electrons. The molecule has 0 saturated heterocycles. The van der Waals surface area contributed by atoms with Crippen molar-refractivity contribution in [1.82, 2.24) is 10.2 Å². The van der Waals surface area contributed by atoms with Crippen LogP contribution in [0.2, 0.25) is 0 Å². The second-order valence-corrected chi connectivity index (χ2v) is 5.12. The third-order valence-corrected chi connectivity index (χ3v) is 3.39. The van der Waals surface area contributed by atoms with E-state index >= 15 is 0 Å². The molecule has 2 aromatic rings. The van der Waals surface area contributed by atoms with E-state index in [4.69, 9.17) is 4.42 Å². The van der Waals surface area contributed by atoms with Crippen molar-refractivity contribution >= 4 is 0 Å². The van der Waals surface area contributed by atoms with E-state index in [-0.39, 0.29) is 0 Å². The lowest BCUT2D eigenvalue weighted by Crippen LogP contribution is -2.20. The van der Waals surface area contributed by atoms with Gasteiger partial charge in [0.2, 0.25) is 0 Å². The van der Waals surface area contributed by atoms with Gasteiger partial charge in [-0.15, -0.1) is 0 Å². The maximum Gasteiger partial charge on any atom is 0.117 e. The summed E-state index contributed by atoms with van der Waals surface area (Å²) in [6.45, 7) is 6.00. The number of hydrogen-bond acceptors (Lipinski definition) is 3. The fourth-order valence-electron chi connectivity index (χ4n) is 2.37. The second kappa shape index (κ2) is 7.88. The highest BCUT2D eigenvalue weighted by Crippen LogP contribution is 2.13. The Kier molecular flexibility index (Phi) is 5.84.